The Labute approximate surface area is 122 Å². The minimum atomic E-state index is -4.01. The van der Waals surface area contributed by atoms with E-state index in [0.29, 0.717) is 5.56 Å². The number of para-hydroxylation sites is 1. The van der Waals surface area contributed by atoms with E-state index in [1.54, 1.807) is 18.2 Å². The molecule has 0 aliphatic carbocycles. The van der Waals surface area contributed by atoms with E-state index in [1.165, 1.54) is 19.2 Å². The van der Waals surface area contributed by atoms with Gasteiger partial charge in [0.05, 0.1) is 0 Å². The van der Waals surface area contributed by atoms with Crippen molar-refractivity contribution in [2.75, 3.05) is 12.8 Å². The summed E-state index contributed by atoms with van der Waals surface area (Å²) in [5.41, 5.74) is 5.99. The quantitative estimate of drug-likeness (QED) is 0.845. The van der Waals surface area contributed by atoms with Gasteiger partial charge in [-0.3, -0.25) is 0 Å². The number of rotatable bonds is 4. The van der Waals surface area contributed by atoms with Gasteiger partial charge in [-0.25, -0.2) is 12.8 Å². The van der Waals surface area contributed by atoms with Gasteiger partial charge in [0.15, 0.2) is 0 Å². The number of hydrogen-bond acceptors (Lipinski definition) is 4. The molecule has 0 spiro atoms. The van der Waals surface area contributed by atoms with Crippen molar-refractivity contribution in [3.8, 4) is 5.75 Å². The number of sulfonamides is 1. The first-order valence-electron chi connectivity index (χ1n) is 6.10. The number of aromatic hydroxyl groups is 1. The van der Waals surface area contributed by atoms with Crippen LogP contribution in [0.2, 0.25) is 0 Å². The van der Waals surface area contributed by atoms with E-state index >= 15 is 0 Å². The highest BCUT2D eigenvalue weighted by Crippen LogP contribution is 2.24. The fraction of sp³-hybridized carbons (Fsp3) is 0.143. The molecule has 0 heterocycles. The van der Waals surface area contributed by atoms with Crippen molar-refractivity contribution in [3.05, 3.63) is 53.8 Å². The van der Waals surface area contributed by atoms with Crippen LogP contribution < -0.4 is 5.73 Å². The second-order valence-corrected chi connectivity index (χ2v) is 6.59. The van der Waals surface area contributed by atoms with Crippen LogP contribution in [0, 0.1) is 5.82 Å². The lowest BCUT2D eigenvalue weighted by Crippen LogP contribution is -2.27. The van der Waals surface area contributed by atoms with Crippen LogP contribution >= 0.6 is 0 Å². The normalized spacial score (nSPS) is 11.8. The van der Waals surface area contributed by atoms with Gasteiger partial charge in [0.2, 0.25) is 10.0 Å². The first-order chi connectivity index (χ1) is 9.82. The molecule has 0 saturated heterocycles. The van der Waals surface area contributed by atoms with Crippen LogP contribution in [0.4, 0.5) is 10.1 Å². The average Bonchev–Trinajstić information content (AvgIpc) is 2.40. The van der Waals surface area contributed by atoms with E-state index in [2.05, 4.69) is 0 Å². The highest BCUT2D eigenvalue weighted by molar-refractivity contribution is 7.89. The molecule has 0 radical (unpaired) electrons. The second kappa shape index (κ2) is 5.71. The van der Waals surface area contributed by atoms with Gasteiger partial charge in [0.25, 0.3) is 0 Å². The number of phenols is 1. The van der Waals surface area contributed by atoms with Crippen LogP contribution in [-0.2, 0) is 16.6 Å². The molecular formula is C14H15FN2O3S. The number of nitrogen functional groups attached to an aromatic ring is 1. The van der Waals surface area contributed by atoms with Crippen molar-refractivity contribution in [2.45, 2.75) is 11.4 Å². The predicted octanol–water partition coefficient (Wildman–Crippen LogP) is 1.93. The molecule has 21 heavy (non-hydrogen) atoms. The minimum Gasteiger partial charge on any atom is -0.508 e. The van der Waals surface area contributed by atoms with Gasteiger partial charge in [-0.2, -0.15) is 4.31 Å². The van der Waals surface area contributed by atoms with E-state index in [1.807, 2.05) is 0 Å². The van der Waals surface area contributed by atoms with E-state index in [0.717, 1.165) is 16.4 Å². The van der Waals surface area contributed by atoms with Crippen molar-refractivity contribution in [1.82, 2.24) is 4.31 Å². The summed E-state index contributed by atoms with van der Waals surface area (Å²) >= 11 is 0. The lowest BCUT2D eigenvalue weighted by Gasteiger charge is -2.18. The lowest BCUT2D eigenvalue weighted by molar-refractivity contribution is 0.433. The molecule has 0 unspecified atom stereocenters. The second-order valence-electron chi connectivity index (χ2n) is 4.58. The molecule has 0 saturated carbocycles. The standard InChI is InChI=1S/C14H15FN2O3S/c1-17(9-10-4-2-3-5-13(10)18)21(19,20)14-7-6-11(16)8-12(14)15/h2-8,18H,9,16H2,1H3. The van der Waals surface area contributed by atoms with Crippen LogP contribution in [0.5, 0.6) is 5.75 Å². The Hall–Kier alpha value is -2.12. The summed E-state index contributed by atoms with van der Waals surface area (Å²) in [6, 6.07) is 9.78. The largest absolute Gasteiger partial charge is 0.508 e. The maximum atomic E-state index is 13.8. The van der Waals surface area contributed by atoms with Gasteiger partial charge in [0, 0.05) is 24.8 Å². The van der Waals surface area contributed by atoms with Gasteiger partial charge < -0.3 is 10.8 Å². The summed E-state index contributed by atoms with van der Waals surface area (Å²) in [5, 5.41) is 9.67. The number of nitrogens with two attached hydrogens (primary N) is 1. The maximum Gasteiger partial charge on any atom is 0.246 e. The zero-order chi connectivity index (χ0) is 15.6. The Bertz CT molecular complexity index is 763. The molecule has 2 rings (SSSR count). The molecule has 0 amide bonds. The Morgan fingerprint density at radius 1 is 1.24 bits per heavy atom. The van der Waals surface area contributed by atoms with E-state index in [-0.39, 0.29) is 18.0 Å². The summed E-state index contributed by atoms with van der Waals surface area (Å²) in [6.07, 6.45) is 0. The van der Waals surface area contributed by atoms with Gasteiger partial charge in [-0.05, 0) is 24.3 Å². The molecule has 0 aromatic heterocycles. The molecule has 2 aromatic rings. The average molecular weight is 310 g/mol. The molecule has 2 aromatic carbocycles. The van der Waals surface area contributed by atoms with Gasteiger partial charge in [-0.15, -0.1) is 0 Å². The van der Waals surface area contributed by atoms with Crippen LogP contribution in [0.25, 0.3) is 0 Å². The fourth-order valence-corrected chi connectivity index (χ4v) is 3.05. The molecule has 112 valence electrons. The Morgan fingerprint density at radius 2 is 1.90 bits per heavy atom. The number of halogens is 1. The summed E-state index contributed by atoms with van der Waals surface area (Å²) in [7, 11) is -2.69. The molecule has 0 aliphatic heterocycles. The molecule has 7 heteroatoms. The molecule has 0 fully saturated rings. The van der Waals surface area contributed by atoms with Gasteiger partial charge in [-0.1, -0.05) is 18.2 Å². The monoisotopic (exact) mass is 310 g/mol. The third kappa shape index (κ3) is 3.14. The topological polar surface area (TPSA) is 83.6 Å². The smallest absolute Gasteiger partial charge is 0.246 e. The highest BCUT2D eigenvalue weighted by Gasteiger charge is 2.25. The van der Waals surface area contributed by atoms with Crippen LogP contribution in [-0.4, -0.2) is 24.9 Å². The fourth-order valence-electron chi connectivity index (χ4n) is 1.86. The van der Waals surface area contributed by atoms with Crippen molar-refractivity contribution in [3.63, 3.8) is 0 Å². The minimum absolute atomic E-state index is 0.0164. The van der Waals surface area contributed by atoms with Gasteiger partial charge >= 0.3 is 0 Å². The molecule has 0 bridgehead atoms. The number of anilines is 1. The summed E-state index contributed by atoms with van der Waals surface area (Å²) in [6.45, 7) is -0.0706. The number of nitrogens with zero attached hydrogens (tertiary/aromatic N) is 1. The Balaban J connectivity index is 2.33. The maximum absolute atomic E-state index is 13.8. The molecule has 5 nitrogen and oxygen atoms in total. The van der Waals surface area contributed by atoms with Crippen LogP contribution in [0.15, 0.2) is 47.4 Å². The highest BCUT2D eigenvalue weighted by atomic mass is 32.2. The Kier molecular flexibility index (Phi) is 4.15. The number of benzene rings is 2. The summed E-state index contributed by atoms with van der Waals surface area (Å²) in [4.78, 5) is -0.449. The zero-order valence-electron chi connectivity index (χ0n) is 11.3. The lowest BCUT2D eigenvalue weighted by atomic mass is 10.2. The van der Waals surface area contributed by atoms with Crippen molar-refractivity contribution in [1.29, 1.82) is 0 Å². The molecular weight excluding hydrogens is 295 g/mol. The van der Waals surface area contributed by atoms with Crippen molar-refractivity contribution in [2.24, 2.45) is 0 Å². The number of phenolic OH excluding ortho intramolecular Hbond substituents is 1. The van der Waals surface area contributed by atoms with Crippen molar-refractivity contribution < 1.29 is 17.9 Å². The first-order valence-corrected chi connectivity index (χ1v) is 7.54. The zero-order valence-corrected chi connectivity index (χ0v) is 12.1. The third-order valence-corrected chi connectivity index (χ3v) is 4.87. The molecule has 3 N–H and O–H groups in total. The summed E-state index contributed by atoms with van der Waals surface area (Å²) < 4.78 is 39.4. The number of hydrogen-bond donors (Lipinski definition) is 2. The SMILES string of the molecule is CN(Cc1ccccc1O)S(=O)(=O)c1ccc(N)cc1F. The molecule has 0 atom stereocenters. The first kappa shape index (κ1) is 15.3. The van der Waals surface area contributed by atoms with Gasteiger partial charge in [0.1, 0.15) is 16.5 Å². The van der Waals surface area contributed by atoms with E-state index < -0.39 is 20.7 Å². The van der Waals surface area contributed by atoms with Crippen LogP contribution in [0.1, 0.15) is 5.56 Å². The Morgan fingerprint density at radius 3 is 2.52 bits per heavy atom. The predicted molar refractivity (Wildman–Crippen MR) is 77.6 cm³/mol. The van der Waals surface area contributed by atoms with E-state index in [9.17, 15) is 17.9 Å². The third-order valence-electron chi connectivity index (χ3n) is 3.03. The van der Waals surface area contributed by atoms with Crippen LogP contribution in [0.3, 0.4) is 0 Å². The molecule has 0 aliphatic rings. The summed E-state index contributed by atoms with van der Waals surface area (Å²) in [5.74, 6) is -0.920. The van der Waals surface area contributed by atoms with E-state index in [4.69, 9.17) is 5.73 Å². The van der Waals surface area contributed by atoms with Crippen molar-refractivity contribution >= 4 is 15.7 Å².